The lowest BCUT2D eigenvalue weighted by Crippen LogP contribution is -2.13. The number of carbonyl (C=O) groups is 1. The van der Waals surface area contributed by atoms with Gasteiger partial charge in [0.05, 0.1) is 18.7 Å². The number of nitrogens with zero attached hydrogens (tertiary/aromatic N) is 1. The Morgan fingerprint density at radius 3 is 2.57 bits per heavy atom. The van der Waals surface area contributed by atoms with Gasteiger partial charge in [-0.25, -0.2) is 4.79 Å². The molecule has 114 valence electrons. The predicted octanol–water partition coefficient (Wildman–Crippen LogP) is 2.74. The molecule has 2 aromatic rings. The Bertz CT molecular complexity index is 660. The molecule has 0 radical (unpaired) electrons. The van der Waals surface area contributed by atoms with Gasteiger partial charge in [0.15, 0.2) is 11.4 Å². The normalized spacial score (nSPS) is 11.1. The van der Waals surface area contributed by atoms with E-state index in [0.29, 0.717) is 16.9 Å². The van der Waals surface area contributed by atoms with Crippen molar-refractivity contribution in [3.05, 3.63) is 23.9 Å². The number of aromatic nitrogens is 1. The third-order valence-corrected chi connectivity index (χ3v) is 3.04. The van der Waals surface area contributed by atoms with Gasteiger partial charge < -0.3 is 23.9 Å². The zero-order chi connectivity index (χ0) is 15.6. The summed E-state index contributed by atoms with van der Waals surface area (Å²) in [5, 5.41) is 10.2. The molecule has 0 spiro atoms. The fourth-order valence-corrected chi connectivity index (χ4v) is 2.26. The number of hydrogen-bond acceptors (Lipinski definition) is 4. The molecule has 0 aliphatic heterocycles. The van der Waals surface area contributed by atoms with Crippen LogP contribution in [-0.2, 0) is 11.5 Å². The lowest BCUT2D eigenvalue weighted by atomic mass is 10.2. The van der Waals surface area contributed by atoms with Gasteiger partial charge in [-0.15, -0.1) is 0 Å². The number of carboxylic acid groups (broad SMARTS) is 1. The van der Waals surface area contributed by atoms with Gasteiger partial charge in [-0.3, -0.25) is 0 Å². The van der Waals surface area contributed by atoms with Gasteiger partial charge in [0.25, 0.3) is 0 Å². The molecular formula is C15H19NO5. The number of hydrogen-bond donors (Lipinski definition) is 1. The highest BCUT2D eigenvalue weighted by atomic mass is 16.5. The van der Waals surface area contributed by atoms with Crippen LogP contribution >= 0.6 is 0 Å². The van der Waals surface area contributed by atoms with Gasteiger partial charge in [-0.2, -0.15) is 0 Å². The summed E-state index contributed by atoms with van der Waals surface area (Å²) in [5.41, 5.74) is 0.805. The summed E-state index contributed by atoms with van der Waals surface area (Å²) in [6, 6.07) is 5.34. The number of fused-ring (bicyclic) bond motifs is 1. The van der Waals surface area contributed by atoms with E-state index in [4.69, 9.17) is 14.2 Å². The minimum atomic E-state index is -1.06. The molecule has 0 fully saturated rings. The summed E-state index contributed by atoms with van der Waals surface area (Å²) in [6.07, 6.45) is -0.143. The van der Waals surface area contributed by atoms with Crippen LogP contribution in [-0.4, -0.2) is 36.0 Å². The molecule has 0 unspecified atom stereocenters. The summed E-state index contributed by atoms with van der Waals surface area (Å²) in [5.74, 6) is -0.0797. The van der Waals surface area contributed by atoms with Gasteiger partial charge in [0.2, 0.25) is 0 Å². The topological polar surface area (TPSA) is 69.9 Å². The van der Waals surface area contributed by atoms with Crippen LogP contribution in [0.3, 0.4) is 0 Å². The Balaban J connectivity index is 2.78. The van der Waals surface area contributed by atoms with Crippen molar-refractivity contribution in [3.63, 3.8) is 0 Å². The SMILES string of the molecule is COCn1c(C(=O)O)c(OC(C)C)c2cc(OC)ccc21. The van der Waals surface area contributed by atoms with E-state index in [0.717, 1.165) is 5.52 Å². The Kier molecular flexibility index (Phi) is 4.37. The van der Waals surface area contributed by atoms with Crippen LogP contribution in [0.1, 0.15) is 24.3 Å². The molecule has 1 heterocycles. The van der Waals surface area contributed by atoms with Crippen molar-refractivity contribution in [2.24, 2.45) is 0 Å². The molecule has 1 aromatic heterocycles. The molecule has 1 N–H and O–H groups in total. The van der Waals surface area contributed by atoms with Crippen LogP contribution in [0.5, 0.6) is 11.5 Å². The van der Waals surface area contributed by atoms with E-state index in [1.807, 2.05) is 13.8 Å². The summed E-state index contributed by atoms with van der Waals surface area (Å²) < 4.78 is 17.6. The third kappa shape index (κ3) is 2.80. The summed E-state index contributed by atoms with van der Waals surface area (Å²) >= 11 is 0. The molecule has 0 atom stereocenters. The maximum atomic E-state index is 11.6. The van der Waals surface area contributed by atoms with E-state index < -0.39 is 5.97 Å². The van der Waals surface area contributed by atoms with Crippen LogP contribution in [0.15, 0.2) is 18.2 Å². The van der Waals surface area contributed by atoms with Gasteiger partial charge in [0, 0.05) is 12.5 Å². The first-order chi connectivity index (χ1) is 9.99. The van der Waals surface area contributed by atoms with Gasteiger partial charge in [-0.05, 0) is 32.0 Å². The summed E-state index contributed by atoms with van der Waals surface area (Å²) in [7, 11) is 3.08. The maximum Gasteiger partial charge on any atom is 0.356 e. The van der Waals surface area contributed by atoms with Crippen molar-refractivity contribution in [2.75, 3.05) is 14.2 Å². The summed E-state index contributed by atoms with van der Waals surface area (Å²) in [4.78, 5) is 11.6. The van der Waals surface area contributed by atoms with Crippen molar-refractivity contribution >= 4 is 16.9 Å². The molecule has 0 saturated heterocycles. The Morgan fingerprint density at radius 2 is 2.05 bits per heavy atom. The number of aromatic carboxylic acids is 1. The number of carboxylic acids is 1. The third-order valence-electron chi connectivity index (χ3n) is 3.04. The van der Waals surface area contributed by atoms with Crippen LogP contribution < -0.4 is 9.47 Å². The largest absolute Gasteiger partial charge is 0.497 e. The minimum Gasteiger partial charge on any atom is -0.497 e. The fraction of sp³-hybridized carbons (Fsp3) is 0.400. The van der Waals surface area contributed by atoms with E-state index >= 15 is 0 Å². The molecule has 6 heteroatoms. The number of benzene rings is 1. The molecule has 2 rings (SSSR count). The quantitative estimate of drug-likeness (QED) is 0.886. The van der Waals surface area contributed by atoms with Crippen LogP contribution in [0.4, 0.5) is 0 Å². The lowest BCUT2D eigenvalue weighted by molar-refractivity contribution is 0.0655. The first-order valence-electron chi connectivity index (χ1n) is 6.58. The molecule has 0 saturated carbocycles. The standard InChI is InChI=1S/C15H19NO5/c1-9(2)21-14-11-7-10(20-4)5-6-12(11)16(8-19-3)13(14)15(17)18/h5-7,9H,8H2,1-4H3,(H,17,18). The molecule has 0 aliphatic carbocycles. The number of rotatable bonds is 6. The Labute approximate surface area is 122 Å². The van der Waals surface area contributed by atoms with Crippen molar-refractivity contribution in [2.45, 2.75) is 26.7 Å². The molecule has 21 heavy (non-hydrogen) atoms. The highest BCUT2D eigenvalue weighted by Gasteiger charge is 2.25. The zero-order valence-corrected chi connectivity index (χ0v) is 12.5. The molecular weight excluding hydrogens is 274 g/mol. The number of ether oxygens (including phenoxy) is 3. The van der Waals surface area contributed by atoms with Crippen molar-refractivity contribution in [3.8, 4) is 11.5 Å². The van der Waals surface area contributed by atoms with E-state index in [1.54, 1.807) is 29.9 Å². The average molecular weight is 293 g/mol. The van der Waals surface area contributed by atoms with Crippen LogP contribution in [0.25, 0.3) is 10.9 Å². The smallest absolute Gasteiger partial charge is 0.356 e. The zero-order valence-electron chi connectivity index (χ0n) is 12.5. The lowest BCUT2D eigenvalue weighted by Gasteiger charge is -2.11. The maximum absolute atomic E-state index is 11.6. The monoisotopic (exact) mass is 293 g/mol. The Hall–Kier alpha value is -2.21. The first-order valence-corrected chi connectivity index (χ1v) is 6.58. The average Bonchev–Trinajstić information content (AvgIpc) is 2.72. The van der Waals surface area contributed by atoms with E-state index in [9.17, 15) is 9.90 Å². The number of methoxy groups -OCH3 is 2. The van der Waals surface area contributed by atoms with E-state index in [-0.39, 0.29) is 18.5 Å². The van der Waals surface area contributed by atoms with Crippen molar-refractivity contribution < 1.29 is 24.1 Å². The van der Waals surface area contributed by atoms with Crippen LogP contribution in [0, 0.1) is 0 Å². The van der Waals surface area contributed by atoms with E-state index in [2.05, 4.69) is 0 Å². The van der Waals surface area contributed by atoms with Crippen molar-refractivity contribution in [1.82, 2.24) is 4.57 Å². The molecule has 0 amide bonds. The van der Waals surface area contributed by atoms with E-state index in [1.165, 1.54) is 7.11 Å². The molecule has 6 nitrogen and oxygen atoms in total. The molecule has 0 bridgehead atoms. The second kappa shape index (κ2) is 6.05. The highest BCUT2D eigenvalue weighted by molar-refractivity contribution is 6.01. The van der Waals surface area contributed by atoms with Gasteiger partial charge in [0.1, 0.15) is 12.5 Å². The van der Waals surface area contributed by atoms with Gasteiger partial charge in [-0.1, -0.05) is 0 Å². The second-order valence-corrected chi connectivity index (χ2v) is 4.88. The van der Waals surface area contributed by atoms with Gasteiger partial charge >= 0.3 is 5.97 Å². The summed E-state index contributed by atoms with van der Waals surface area (Å²) in [6.45, 7) is 3.84. The minimum absolute atomic E-state index is 0.0776. The fourth-order valence-electron chi connectivity index (χ4n) is 2.26. The molecule has 0 aliphatic rings. The second-order valence-electron chi connectivity index (χ2n) is 4.88. The highest BCUT2D eigenvalue weighted by Crippen LogP contribution is 2.36. The first kappa shape index (κ1) is 15.2. The molecule has 1 aromatic carbocycles. The van der Waals surface area contributed by atoms with Crippen LogP contribution in [0.2, 0.25) is 0 Å². The van der Waals surface area contributed by atoms with Crippen molar-refractivity contribution in [1.29, 1.82) is 0 Å². The predicted molar refractivity (Wildman–Crippen MR) is 78.2 cm³/mol. The Morgan fingerprint density at radius 1 is 1.33 bits per heavy atom.